The molecule has 0 amide bonds. The number of rotatable bonds is 10. The van der Waals surface area contributed by atoms with Gasteiger partial charge in [-0.2, -0.15) is 0 Å². The van der Waals surface area contributed by atoms with Crippen LogP contribution < -0.4 is 5.32 Å². The van der Waals surface area contributed by atoms with Gasteiger partial charge in [-0.15, -0.1) is 0 Å². The molecule has 3 aromatic rings. The van der Waals surface area contributed by atoms with Crippen molar-refractivity contribution in [3.63, 3.8) is 0 Å². The van der Waals surface area contributed by atoms with Crippen LogP contribution in [0.15, 0.2) is 60.8 Å². The van der Waals surface area contributed by atoms with Gasteiger partial charge in [0, 0.05) is 11.7 Å². The van der Waals surface area contributed by atoms with Crippen LogP contribution in [-0.4, -0.2) is 53.9 Å². The van der Waals surface area contributed by atoms with Crippen LogP contribution in [0.4, 0.5) is 5.82 Å². The maximum absolute atomic E-state index is 12.2. The van der Waals surface area contributed by atoms with Gasteiger partial charge in [0.1, 0.15) is 23.2 Å². The van der Waals surface area contributed by atoms with Crippen molar-refractivity contribution in [2.24, 2.45) is 0 Å². The zero-order valence-electron chi connectivity index (χ0n) is 17.1. The van der Waals surface area contributed by atoms with E-state index in [1.54, 1.807) is 65.2 Å². The lowest BCUT2D eigenvalue weighted by atomic mass is 10.0. The molecule has 0 spiro atoms. The summed E-state index contributed by atoms with van der Waals surface area (Å²) in [6, 6.07) is 13.8. The normalized spacial score (nSPS) is 14.8. The Morgan fingerprint density at radius 1 is 1.22 bits per heavy atom. The van der Waals surface area contributed by atoms with Gasteiger partial charge < -0.3 is 24.1 Å². The minimum atomic E-state index is -2.70. The molecule has 1 aromatic carbocycles. The van der Waals surface area contributed by atoms with Crippen LogP contribution in [0.1, 0.15) is 22.8 Å². The zero-order chi connectivity index (χ0) is 23.3. The van der Waals surface area contributed by atoms with Crippen LogP contribution >= 0.6 is 0 Å². The highest BCUT2D eigenvalue weighted by atomic mass is 32.2. The quantitative estimate of drug-likeness (QED) is 0.239. The van der Waals surface area contributed by atoms with Crippen LogP contribution in [0.3, 0.4) is 0 Å². The Kier molecular flexibility index (Phi) is 7.06. The summed E-state index contributed by atoms with van der Waals surface area (Å²) in [6.07, 6.45) is 2.11. The number of anilines is 1. The Hall–Kier alpha value is -3.50. The highest BCUT2D eigenvalue weighted by Gasteiger charge is 2.47. The maximum Gasteiger partial charge on any atom is 0.327 e. The summed E-state index contributed by atoms with van der Waals surface area (Å²) in [6.45, 7) is 0.590. The third kappa shape index (κ3) is 4.87. The number of carboxylic acids is 1. The van der Waals surface area contributed by atoms with Gasteiger partial charge in [0.05, 0.1) is 12.0 Å². The van der Waals surface area contributed by atoms with Gasteiger partial charge in [-0.3, -0.25) is 9.59 Å². The number of carbonyl (C=O) groups is 3. The minimum absolute atomic E-state index is 0.0707. The number of hydrogen-bond donors (Lipinski definition) is 3. The van der Waals surface area contributed by atoms with E-state index in [4.69, 9.17) is 4.74 Å². The Morgan fingerprint density at radius 2 is 1.91 bits per heavy atom. The summed E-state index contributed by atoms with van der Waals surface area (Å²) in [7, 11) is 0. The number of hydrogen-bond acceptors (Lipinski definition) is 6. The Morgan fingerprint density at radius 3 is 2.53 bits per heavy atom. The molecule has 1 unspecified atom stereocenters. The van der Waals surface area contributed by atoms with Crippen molar-refractivity contribution in [2.45, 2.75) is 24.1 Å². The van der Waals surface area contributed by atoms with Crippen LogP contribution in [0, 0.1) is 0 Å². The second-order valence-electron chi connectivity index (χ2n) is 7.36. The number of aliphatic carboxylic acids is 1. The number of aldehydes is 1. The second-order valence-corrected chi connectivity index (χ2v) is 8.79. The first-order valence-electron chi connectivity index (χ1n) is 9.61. The lowest BCUT2D eigenvalue weighted by Gasteiger charge is -2.32. The maximum atomic E-state index is 12.2. The van der Waals surface area contributed by atoms with Crippen molar-refractivity contribution in [3.8, 4) is 0 Å². The van der Waals surface area contributed by atoms with Gasteiger partial charge in [0.2, 0.25) is 0 Å². The molecule has 168 valence electrons. The average molecular weight is 458 g/mol. The SMILES string of the molecule is C[C@](COC(=O)Cc1ccccc1)([C@@H](Nc1c(C=O)cc2ccccn12)C(=O)O)S(=O)O. The highest BCUT2D eigenvalue weighted by Crippen LogP contribution is 2.27. The van der Waals surface area contributed by atoms with E-state index in [0.29, 0.717) is 17.4 Å². The topological polar surface area (TPSA) is 134 Å². The molecule has 9 nitrogen and oxygen atoms in total. The molecule has 32 heavy (non-hydrogen) atoms. The molecule has 0 fully saturated rings. The molecule has 0 aliphatic carbocycles. The standard InChI is InChI=1S/C22H22N2O7S/c1-22(32(29)30,14-31-18(26)11-15-7-3-2-4-8-15)19(21(27)28)23-20-16(13-25)12-17-9-5-6-10-24(17)20/h2-10,12-13,19,23H,11,14H2,1H3,(H,27,28)(H,29,30)/t19-,22-/m0/s1. The minimum Gasteiger partial charge on any atom is -0.480 e. The largest absolute Gasteiger partial charge is 0.480 e. The van der Waals surface area contributed by atoms with Gasteiger partial charge in [0.15, 0.2) is 17.4 Å². The van der Waals surface area contributed by atoms with Gasteiger partial charge >= 0.3 is 11.9 Å². The molecule has 10 heteroatoms. The molecular weight excluding hydrogens is 436 g/mol. The van der Waals surface area contributed by atoms with Crippen molar-refractivity contribution in [2.75, 3.05) is 11.9 Å². The van der Waals surface area contributed by atoms with Gasteiger partial charge in [0.25, 0.3) is 0 Å². The van der Waals surface area contributed by atoms with Crippen LogP contribution in [0.5, 0.6) is 0 Å². The lowest BCUT2D eigenvalue weighted by molar-refractivity contribution is -0.146. The molecule has 0 saturated carbocycles. The fourth-order valence-corrected chi connectivity index (χ4v) is 3.79. The predicted octanol–water partition coefficient (Wildman–Crippen LogP) is 2.38. The van der Waals surface area contributed by atoms with Crippen LogP contribution in [-0.2, 0) is 31.8 Å². The third-order valence-electron chi connectivity index (χ3n) is 5.08. The number of carboxylic acid groups (broad SMARTS) is 1. The van der Waals surface area contributed by atoms with E-state index in [2.05, 4.69) is 5.32 Å². The number of aromatic nitrogens is 1. The summed E-state index contributed by atoms with van der Waals surface area (Å²) in [5.41, 5.74) is 1.49. The van der Waals surface area contributed by atoms with E-state index in [1.165, 1.54) is 6.92 Å². The summed E-state index contributed by atoms with van der Waals surface area (Å²) in [5, 5.41) is 12.6. The number of nitrogens with zero attached hydrogens (tertiary/aromatic N) is 1. The molecule has 3 atom stereocenters. The Balaban J connectivity index is 1.86. The van der Waals surface area contributed by atoms with Crippen LogP contribution in [0.25, 0.3) is 5.52 Å². The van der Waals surface area contributed by atoms with Crippen molar-refractivity contribution in [1.82, 2.24) is 4.40 Å². The fraction of sp³-hybridized carbons (Fsp3) is 0.227. The Labute approximate surface area is 186 Å². The first-order valence-corrected chi connectivity index (χ1v) is 10.7. The summed E-state index contributed by atoms with van der Waals surface area (Å²) in [4.78, 5) is 35.9. The van der Waals surface area contributed by atoms with E-state index in [-0.39, 0.29) is 17.8 Å². The smallest absolute Gasteiger partial charge is 0.327 e. The number of esters is 1. The summed E-state index contributed by atoms with van der Waals surface area (Å²) < 4.78 is 27.0. The first kappa shape index (κ1) is 23.2. The molecule has 3 N–H and O–H groups in total. The zero-order valence-corrected chi connectivity index (χ0v) is 18.0. The predicted molar refractivity (Wildman–Crippen MR) is 118 cm³/mol. The molecule has 0 aliphatic rings. The number of pyridine rings is 1. The Bertz CT molecular complexity index is 1160. The summed E-state index contributed by atoms with van der Waals surface area (Å²) in [5.74, 6) is -1.97. The molecule has 0 saturated heterocycles. The van der Waals surface area contributed by atoms with Gasteiger partial charge in [-0.25, -0.2) is 9.00 Å². The number of benzene rings is 1. The number of ether oxygens (including phenoxy) is 1. The molecule has 3 rings (SSSR count). The molecule has 0 bridgehead atoms. The average Bonchev–Trinajstić information content (AvgIpc) is 3.13. The number of carbonyl (C=O) groups excluding carboxylic acids is 2. The number of nitrogens with one attached hydrogen (secondary N) is 1. The third-order valence-corrected chi connectivity index (χ3v) is 6.24. The summed E-state index contributed by atoms with van der Waals surface area (Å²) >= 11 is -2.70. The fourth-order valence-electron chi connectivity index (χ4n) is 3.27. The lowest BCUT2D eigenvalue weighted by Crippen LogP contribution is -2.55. The number of fused-ring (bicyclic) bond motifs is 1. The molecule has 0 radical (unpaired) electrons. The molecular formula is C22H22N2O7S. The first-order chi connectivity index (χ1) is 15.3. The van der Waals surface area contributed by atoms with Crippen LogP contribution in [0.2, 0.25) is 0 Å². The van der Waals surface area contributed by atoms with E-state index in [1.807, 2.05) is 0 Å². The van der Waals surface area contributed by atoms with Gasteiger partial charge in [-0.1, -0.05) is 36.4 Å². The van der Waals surface area contributed by atoms with E-state index in [0.717, 1.165) is 0 Å². The van der Waals surface area contributed by atoms with Crippen molar-refractivity contribution in [3.05, 3.63) is 71.9 Å². The van der Waals surface area contributed by atoms with E-state index < -0.39 is 40.4 Å². The van der Waals surface area contributed by atoms with Crippen molar-refractivity contribution < 1.29 is 33.0 Å². The highest BCUT2D eigenvalue weighted by molar-refractivity contribution is 7.80. The van der Waals surface area contributed by atoms with Crippen molar-refractivity contribution in [1.29, 1.82) is 0 Å². The van der Waals surface area contributed by atoms with Gasteiger partial charge in [-0.05, 0) is 30.7 Å². The van der Waals surface area contributed by atoms with E-state index in [9.17, 15) is 28.3 Å². The molecule has 2 aromatic heterocycles. The van der Waals surface area contributed by atoms with E-state index >= 15 is 0 Å². The molecule has 2 heterocycles. The second kappa shape index (κ2) is 9.75. The monoisotopic (exact) mass is 458 g/mol. The van der Waals surface area contributed by atoms with Crippen molar-refractivity contribution >= 4 is 40.6 Å². The molecule has 0 aliphatic heterocycles.